The molecule has 0 spiro atoms. The van der Waals surface area contributed by atoms with E-state index in [1.807, 2.05) is 0 Å². The van der Waals surface area contributed by atoms with Crippen molar-refractivity contribution in [2.24, 2.45) is 5.92 Å². The van der Waals surface area contributed by atoms with Crippen molar-refractivity contribution in [2.45, 2.75) is 12.3 Å². The monoisotopic (exact) mass is 187 g/mol. The van der Waals surface area contributed by atoms with Crippen molar-refractivity contribution >= 4 is 12.4 Å². The maximum absolute atomic E-state index is 12.6. The highest BCUT2D eigenvalue weighted by atomic mass is 35.5. The number of nitrogens with one attached hydrogen (secondary N) is 1. The van der Waals surface area contributed by atoms with E-state index in [1.165, 1.54) is 0 Å². The van der Waals surface area contributed by atoms with Crippen LogP contribution in [0.1, 0.15) is 6.42 Å². The van der Waals surface area contributed by atoms with Gasteiger partial charge in [0.1, 0.15) is 0 Å². The highest BCUT2D eigenvalue weighted by Gasteiger charge is 2.40. The van der Waals surface area contributed by atoms with Crippen molar-refractivity contribution in [2.75, 3.05) is 19.7 Å². The molecule has 0 unspecified atom stereocenters. The van der Waals surface area contributed by atoms with Crippen molar-refractivity contribution in [1.82, 2.24) is 5.32 Å². The number of hydrogen-bond acceptors (Lipinski definition) is 2. The van der Waals surface area contributed by atoms with E-state index in [9.17, 15) is 8.78 Å². The first-order valence-electron chi connectivity index (χ1n) is 3.36. The Labute approximate surface area is 70.4 Å². The molecule has 68 valence electrons. The van der Waals surface area contributed by atoms with E-state index in [-0.39, 0.29) is 19.0 Å². The average Bonchev–Trinajstić information content (AvgIpc) is 1.87. The lowest BCUT2D eigenvalue weighted by molar-refractivity contribution is -0.0896. The van der Waals surface area contributed by atoms with Gasteiger partial charge in [-0.25, -0.2) is 8.78 Å². The van der Waals surface area contributed by atoms with Crippen LogP contribution in [-0.4, -0.2) is 30.7 Å². The minimum atomic E-state index is -2.72. The Morgan fingerprint density at radius 3 is 2.55 bits per heavy atom. The molecule has 0 saturated carbocycles. The first kappa shape index (κ1) is 11.1. The largest absolute Gasteiger partial charge is 0.396 e. The van der Waals surface area contributed by atoms with Crippen LogP contribution >= 0.6 is 12.4 Å². The number of aliphatic hydroxyl groups excluding tert-OH is 1. The summed E-state index contributed by atoms with van der Waals surface area (Å²) < 4.78 is 25.3. The predicted octanol–water partition coefficient (Wildman–Crippen LogP) is 0.645. The highest BCUT2D eigenvalue weighted by Crippen LogP contribution is 2.28. The van der Waals surface area contributed by atoms with Gasteiger partial charge in [-0.2, -0.15) is 0 Å². The van der Waals surface area contributed by atoms with Crippen LogP contribution in [0, 0.1) is 5.92 Å². The minimum Gasteiger partial charge on any atom is -0.396 e. The van der Waals surface area contributed by atoms with E-state index in [0.29, 0.717) is 13.0 Å². The fourth-order valence-electron chi connectivity index (χ4n) is 1.11. The van der Waals surface area contributed by atoms with Gasteiger partial charge in [0.15, 0.2) is 0 Å². The van der Waals surface area contributed by atoms with Gasteiger partial charge in [-0.15, -0.1) is 12.4 Å². The molecule has 11 heavy (non-hydrogen) atoms. The third-order valence-corrected chi connectivity index (χ3v) is 1.85. The number of rotatable bonds is 1. The molecule has 5 heteroatoms. The molecule has 1 aliphatic rings. The lowest BCUT2D eigenvalue weighted by atomic mass is 9.95. The lowest BCUT2D eigenvalue weighted by Gasteiger charge is -2.30. The Hall–Kier alpha value is 0.0700. The van der Waals surface area contributed by atoms with Crippen LogP contribution in [0.5, 0.6) is 0 Å². The number of hydrogen-bond donors (Lipinski definition) is 2. The van der Waals surface area contributed by atoms with Crippen LogP contribution < -0.4 is 5.32 Å². The number of alkyl halides is 2. The molecule has 1 rings (SSSR count). The maximum Gasteiger partial charge on any atom is 0.265 e. The molecule has 0 aromatic heterocycles. The summed E-state index contributed by atoms with van der Waals surface area (Å²) in [5.74, 6) is -3.55. The van der Waals surface area contributed by atoms with Crippen LogP contribution in [0.15, 0.2) is 0 Å². The lowest BCUT2D eigenvalue weighted by Crippen LogP contribution is -2.47. The summed E-state index contributed by atoms with van der Waals surface area (Å²) in [5, 5.41) is 11.1. The summed E-state index contributed by atoms with van der Waals surface area (Å²) in [6.07, 6.45) is 0.365. The highest BCUT2D eigenvalue weighted by molar-refractivity contribution is 5.85. The third-order valence-electron chi connectivity index (χ3n) is 1.85. The minimum absolute atomic E-state index is 0. The SMILES string of the molecule is Cl.OC[C@H]1CCNCC1(F)F. The topological polar surface area (TPSA) is 32.3 Å². The normalized spacial score (nSPS) is 29.2. The summed E-state index contributed by atoms with van der Waals surface area (Å²) in [4.78, 5) is 0. The van der Waals surface area contributed by atoms with Gasteiger partial charge in [0.05, 0.1) is 13.2 Å². The van der Waals surface area contributed by atoms with Crippen LogP contribution in [0.25, 0.3) is 0 Å². The van der Waals surface area contributed by atoms with Gasteiger partial charge in [0.2, 0.25) is 0 Å². The van der Waals surface area contributed by atoms with Crippen molar-refractivity contribution in [3.63, 3.8) is 0 Å². The molecule has 0 amide bonds. The van der Waals surface area contributed by atoms with Crippen LogP contribution in [0.3, 0.4) is 0 Å². The average molecular weight is 188 g/mol. The van der Waals surface area contributed by atoms with Gasteiger partial charge < -0.3 is 10.4 Å². The second kappa shape index (κ2) is 4.18. The van der Waals surface area contributed by atoms with Gasteiger partial charge in [-0.1, -0.05) is 0 Å². The number of halogens is 3. The van der Waals surface area contributed by atoms with Crippen molar-refractivity contribution in [1.29, 1.82) is 0 Å². The molecule has 1 aliphatic heterocycles. The quantitative estimate of drug-likeness (QED) is 0.632. The van der Waals surface area contributed by atoms with Gasteiger partial charge in [0, 0.05) is 5.92 Å². The zero-order valence-electron chi connectivity index (χ0n) is 6.02. The first-order valence-corrected chi connectivity index (χ1v) is 3.36. The van der Waals surface area contributed by atoms with Crippen molar-refractivity contribution < 1.29 is 13.9 Å². The standard InChI is InChI=1S/C6H11F2NO.ClH/c7-6(8)4-9-2-1-5(6)3-10;/h5,9-10H,1-4H2;1H/t5-;/m1./s1. The molecule has 0 aliphatic carbocycles. The molecule has 2 N–H and O–H groups in total. The Balaban J connectivity index is 0.000001000. The second-order valence-corrected chi connectivity index (χ2v) is 2.61. The molecule has 1 heterocycles. The summed E-state index contributed by atoms with van der Waals surface area (Å²) in [6.45, 7) is -0.117. The zero-order chi connectivity index (χ0) is 7.61. The molecule has 0 bridgehead atoms. The molecule has 0 aromatic carbocycles. The van der Waals surface area contributed by atoms with E-state index in [0.717, 1.165) is 0 Å². The van der Waals surface area contributed by atoms with E-state index >= 15 is 0 Å². The van der Waals surface area contributed by atoms with E-state index in [4.69, 9.17) is 5.11 Å². The smallest absolute Gasteiger partial charge is 0.265 e. The van der Waals surface area contributed by atoms with Crippen LogP contribution in [0.4, 0.5) is 8.78 Å². The van der Waals surface area contributed by atoms with E-state index in [1.54, 1.807) is 0 Å². The van der Waals surface area contributed by atoms with E-state index < -0.39 is 18.4 Å². The van der Waals surface area contributed by atoms with Crippen molar-refractivity contribution in [3.8, 4) is 0 Å². The van der Waals surface area contributed by atoms with Crippen molar-refractivity contribution in [3.05, 3.63) is 0 Å². The molecule has 0 radical (unpaired) electrons. The van der Waals surface area contributed by atoms with Gasteiger partial charge in [0.25, 0.3) is 5.92 Å². The fraction of sp³-hybridized carbons (Fsp3) is 1.00. The Morgan fingerprint density at radius 1 is 1.55 bits per heavy atom. The summed E-state index contributed by atoms with van der Waals surface area (Å²) in [7, 11) is 0. The van der Waals surface area contributed by atoms with E-state index in [2.05, 4.69) is 5.32 Å². The Morgan fingerprint density at radius 2 is 2.18 bits per heavy atom. The molecule has 1 fully saturated rings. The maximum atomic E-state index is 12.6. The molecule has 0 aromatic rings. The van der Waals surface area contributed by atoms with Crippen LogP contribution in [-0.2, 0) is 0 Å². The summed E-state index contributed by atoms with van der Waals surface area (Å²) in [6, 6.07) is 0. The Bertz CT molecular complexity index is 123. The number of aliphatic hydroxyl groups is 1. The zero-order valence-corrected chi connectivity index (χ0v) is 6.83. The summed E-state index contributed by atoms with van der Waals surface area (Å²) >= 11 is 0. The second-order valence-electron chi connectivity index (χ2n) is 2.61. The molecular weight excluding hydrogens is 176 g/mol. The number of piperidine rings is 1. The van der Waals surface area contributed by atoms with Gasteiger partial charge >= 0.3 is 0 Å². The molecule has 1 atom stereocenters. The first-order chi connectivity index (χ1) is 4.67. The fourth-order valence-corrected chi connectivity index (χ4v) is 1.11. The third kappa shape index (κ3) is 2.54. The molecule has 1 saturated heterocycles. The van der Waals surface area contributed by atoms with Crippen LogP contribution in [0.2, 0.25) is 0 Å². The van der Waals surface area contributed by atoms with Gasteiger partial charge in [-0.3, -0.25) is 0 Å². The Kier molecular flexibility index (Phi) is 4.21. The molecule has 2 nitrogen and oxygen atoms in total. The predicted molar refractivity (Wildman–Crippen MR) is 40.3 cm³/mol. The summed E-state index contributed by atoms with van der Waals surface area (Å²) in [5.41, 5.74) is 0. The molecular formula is C6H12ClF2NO. The van der Waals surface area contributed by atoms with Gasteiger partial charge in [-0.05, 0) is 13.0 Å².